The van der Waals surface area contributed by atoms with Crippen LogP contribution in [0.4, 0.5) is 5.69 Å². The molecule has 124 valence electrons. The van der Waals surface area contributed by atoms with Crippen LogP contribution in [0, 0.1) is 11.3 Å². The molecule has 0 radical (unpaired) electrons. The summed E-state index contributed by atoms with van der Waals surface area (Å²) in [6, 6.07) is 13.2. The molecule has 0 saturated carbocycles. The number of carbonyl (C=O) groups is 1. The van der Waals surface area contributed by atoms with E-state index in [1.54, 1.807) is 12.3 Å². The number of aliphatic hydroxyl groups excluding tert-OH is 1. The van der Waals surface area contributed by atoms with E-state index in [0.717, 1.165) is 41.9 Å². The molecule has 5 nitrogen and oxygen atoms in total. The Morgan fingerprint density at radius 3 is 2.68 bits per heavy atom. The van der Waals surface area contributed by atoms with Crippen LogP contribution in [-0.4, -0.2) is 24.0 Å². The Bertz CT molecular complexity index is 923. The molecular formula is C20H17N3O2. The summed E-state index contributed by atoms with van der Waals surface area (Å²) >= 11 is 0. The average molecular weight is 331 g/mol. The zero-order chi connectivity index (χ0) is 17.4. The highest BCUT2D eigenvalue weighted by Crippen LogP contribution is 2.43. The minimum atomic E-state index is -0.0465. The smallest absolute Gasteiger partial charge is 0.213 e. The third-order valence-electron chi connectivity index (χ3n) is 4.67. The highest BCUT2D eigenvalue weighted by Gasteiger charge is 2.35. The molecule has 0 aromatic heterocycles. The second kappa shape index (κ2) is 6.08. The standard InChI is InChI=1S/C20H17N3O2/c21-10-14-8-16(15-4-2-13(12-24)3-5-15)19-17(9-14)20(25)18-11-22-6-1-7-23(18)19/h2-5,8-9,11,22,24H,1,6-7,12H2. The predicted molar refractivity (Wildman–Crippen MR) is 94.9 cm³/mol. The lowest BCUT2D eigenvalue weighted by Crippen LogP contribution is -2.21. The van der Waals surface area contributed by atoms with Crippen molar-refractivity contribution in [3.05, 3.63) is 65.0 Å². The highest BCUT2D eigenvalue weighted by atomic mass is 16.3. The number of carbonyl (C=O) groups excluding carboxylic acids is 1. The van der Waals surface area contributed by atoms with Gasteiger partial charge >= 0.3 is 0 Å². The van der Waals surface area contributed by atoms with Gasteiger partial charge in [0.25, 0.3) is 0 Å². The summed E-state index contributed by atoms with van der Waals surface area (Å²) in [6.45, 7) is 1.57. The fraction of sp³-hybridized carbons (Fsp3) is 0.200. The van der Waals surface area contributed by atoms with Crippen molar-refractivity contribution in [1.29, 1.82) is 5.26 Å². The van der Waals surface area contributed by atoms with Crippen LogP contribution in [0.3, 0.4) is 0 Å². The molecule has 2 heterocycles. The van der Waals surface area contributed by atoms with E-state index in [2.05, 4.69) is 11.4 Å². The number of benzene rings is 2. The van der Waals surface area contributed by atoms with Crippen LogP contribution in [0.15, 0.2) is 48.3 Å². The zero-order valence-electron chi connectivity index (χ0n) is 13.6. The molecule has 0 bridgehead atoms. The fourth-order valence-corrected chi connectivity index (χ4v) is 3.44. The molecule has 0 spiro atoms. The second-order valence-corrected chi connectivity index (χ2v) is 6.20. The number of Topliss-reactive ketones (excluding diaryl/α,β-unsaturated/α-hetero) is 1. The number of hydrogen-bond donors (Lipinski definition) is 2. The molecule has 0 aliphatic carbocycles. The van der Waals surface area contributed by atoms with E-state index in [4.69, 9.17) is 0 Å². The Labute approximate surface area is 145 Å². The van der Waals surface area contributed by atoms with Gasteiger partial charge in [0, 0.05) is 30.4 Å². The lowest BCUT2D eigenvalue weighted by molar-refractivity contribution is 0.103. The number of anilines is 1. The van der Waals surface area contributed by atoms with E-state index in [0.29, 0.717) is 16.8 Å². The molecule has 0 unspecified atom stereocenters. The normalized spacial score (nSPS) is 15.6. The fourth-order valence-electron chi connectivity index (χ4n) is 3.44. The molecule has 0 atom stereocenters. The molecule has 4 rings (SSSR count). The molecule has 2 aliphatic heterocycles. The van der Waals surface area contributed by atoms with E-state index < -0.39 is 0 Å². The Hall–Kier alpha value is -3.10. The maximum atomic E-state index is 12.8. The first-order valence-corrected chi connectivity index (χ1v) is 8.27. The van der Waals surface area contributed by atoms with E-state index in [1.807, 2.05) is 35.2 Å². The van der Waals surface area contributed by atoms with Crippen LogP contribution in [0.1, 0.15) is 27.9 Å². The number of allylic oxidation sites excluding steroid dienone is 1. The quantitative estimate of drug-likeness (QED) is 0.884. The van der Waals surface area contributed by atoms with Gasteiger partial charge in [-0.25, -0.2) is 0 Å². The number of ketones is 1. The molecule has 2 aliphatic rings. The number of nitriles is 1. The molecule has 0 saturated heterocycles. The molecular weight excluding hydrogens is 314 g/mol. The maximum Gasteiger partial charge on any atom is 0.213 e. The van der Waals surface area contributed by atoms with Gasteiger partial charge in [-0.05, 0) is 29.7 Å². The number of hydrogen-bond acceptors (Lipinski definition) is 5. The molecule has 0 amide bonds. The summed E-state index contributed by atoms with van der Waals surface area (Å²) < 4.78 is 0. The predicted octanol–water partition coefficient (Wildman–Crippen LogP) is 2.55. The lowest BCUT2D eigenvalue weighted by atomic mass is 9.96. The Kier molecular flexibility index (Phi) is 3.75. The molecule has 25 heavy (non-hydrogen) atoms. The van der Waals surface area contributed by atoms with Crippen molar-refractivity contribution >= 4 is 11.5 Å². The first-order valence-electron chi connectivity index (χ1n) is 8.27. The van der Waals surface area contributed by atoms with Crippen LogP contribution >= 0.6 is 0 Å². The van der Waals surface area contributed by atoms with Crippen molar-refractivity contribution in [3.63, 3.8) is 0 Å². The summed E-state index contributed by atoms with van der Waals surface area (Å²) in [4.78, 5) is 14.9. The molecule has 5 heteroatoms. The van der Waals surface area contributed by atoms with Gasteiger partial charge in [0.1, 0.15) is 5.70 Å². The summed E-state index contributed by atoms with van der Waals surface area (Å²) in [5, 5.41) is 21.8. The number of rotatable bonds is 2. The third-order valence-corrected chi connectivity index (χ3v) is 4.67. The van der Waals surface area contributed by atoms with Gasteiger partial charge in [0.15, 0.2) is 0 Å². The molecule has 2 aromatic carbocycles. The molecule has 0 fully saturated rings. The lowest BCUT2D eigenvalue weighted by Gasteiger charge is -2.21. The van der Waals surface area contributed by atoms with Gasteiger partial charge in [0.2, 0.25) is 5.78 Å². The Morgan fingerprint density at radius 2 is 1.96 bits per heavy atom. The maximum absolute atomic E-state index is 12.8. The van der Waals surface area contributed by atoms with Gasteiger partial charge in [0.05, 0.1) is 23.9 Å². The number of nitrogens with one attached hydrogen (secondary N) is 1. The van der Waals surface area contributed by atoms with E-state index in [9.17, 15) is 15.2 Å². The van der Waals surface area contributed by atoms with Crippen LogP contribution < -0.4 is 10.2 Å². The molecule has 2 aromatic rings. The topological polar surface area (TPSA) is 76.4 Å². The van der Waals surface area contributed by atoms with Crippen LogP contribution in [-0.2, 0) is 6.61 Å². The van der Waals surface area contributed by atoms with Gasteiger partial charge in [-0.3, -0.25) is 4.79 Å². The van der Waals surface area contributed by atoms with Crippen LogP contribution in [0.5, 0.6) is 0 Å². The zero-order valence-corrected chi connectivity index (χ0v) is 13.6. The third kappa shape index (κ3) is 2.48. The highest BCUT2D eigenvalue weighted by molar-refractivity contribution is 6.21. The van der Waals surface area contributed by atoms with E-state index in [-0.39, 0.29) is 12.4 Å². The first kappa shape index (κ1) is 15.4. The SMILES string of the molecule is N#Cc1cc2c(c(-c3ccc(CO)cc3)c1)N1CCCNC=C1C2=O. The van der Waals surface area contributed by atoms with Crippen molar-refractivity contribution in [3.8, 4) is 17.2 Å². The monoisotopic (exact) mass is 331 g/mol. The van der Waals surface area contributed by atoms with Crippen molar-refractivity contribution < 1.29 is 9.90 Å². The van der Waals surface area contributed by atoms with E-state index >= 15 is 0 Å². The minimum absolute atomic E-state index is 0.0141. The minimum Gasteiger partial charge on any atom is -0.392 e. The van der Waals surface area contributed by atoms with Gasteiger partial charge in [-0.2, -0.15) is 5.26 Å². The van der Waals surface area contributed by atoms with Crippen LogP contribution in [0.2, 0.25) is 0 Å². The van der Waals surface area contributed by atoms with Crippen molar-refractivity contribution in [1.82, 2.24) is 5.32 Å². The summed E-state index contributed by atoms with van der Waals surface area (Å²) in [6.07, 6.45) is 2.70. The molecule has 2 N–H and O–H groups in total. The largest absolute Gasteiger partial charge is 0.392 e. The second-order valence-electron chi connectivity index (χ2n) is 6.20. The van der Waals surface area contributed by atoms with Gasteiger partial charge < -0.3 is 15.3 Å². The van der Waals surface area contributed by atoms with Crippen molar-refractivity contribution in [2.45, 2.75) is 13.0 Å². The van der Waals surface area contributed by atoms with E-state index in [1.165, 1.54) is 0 Å². The van der Waals surface area contributed by atoms with Crippen LogP contribution in [0.25, 0.3) is 11.1 Å². The van der Waals surface area contributed by atoms with Gasteiger partial charge in [-0.1, -0.05) is 24.3 Å². The number of fused-ring (bicyclic) bond motifs is 3. The first-order chi connectivity index (χ1) is 12.2. The van der Waals surface area contributed by atoms with Crippen molar-refractivity contribution in [2.24, 2.45) is 0 Å². The van der Waals surface area contributed by atoms with Gasteiger partial charge in [-0.15, -0.1) is 0 Å². The summed E-state index contributed by atoms with van der Waals surface area (Å²) in [5.41, 5.74) is 5.18. The summed E-state index contributed by atoms with van der Waals surface area (Å²) in [5.74, 6) is -0.0465. The number of aliphatic hydroxyl groups is 1. The Morgan fingerprint density at radius 1 is 1.20 bits per heavy atom. The summed E-state index contributed by atoms with van der Waals surface area (Å²) in [7, 11) is 0. The number of nitrogens with zero attached hydrogens (tertiary/aromatic N) is 2. The average Bonchev–Trinajstić information content (AvgIpc) is 2.83. The Balaban J connectivity index is 1.94. The van der Waals surface area contributed by atoms with Crippen molar-refractivity contribution in [2.75, 3.05) is 18.0 Å².